The van der Waals surface area contributed by atoms with Gasteiger partial charge < -0.3 is 15.2 Å². The first kappa shape index (κ1) is 14.7. The molecule has 0 fully saturated rings. The van der Waals surface area contributed by atoms with E-state index < -0.39 is 0 Å². The molecule has 0 bridgehead atoms. The first-order chi connectivity index (χ1) is 8.16. The average molecular weight is 278 g/mol. The lowest BCUT2D eigenvalue weighted by molar-refractivity contribution is 0.0672. The minimum Gasteiger partial charge on any atom is -0.382 e. The van der Waals surface area contributed by atoms with Crippen molar-refractivity contribution >= 4 is 23.2 Å². The summed E-state index contributed by atoms with van der Waals surface area (Å²) in [5, 5.41) is 1.05. The Bertz CT molecular complexity index is 347. The summed E-state index contributed by atoms with van der Waals surface area (Å²) in [6, 6.07) is 5.31. The Hall–Kier alpha value is -0.320. The summed E-state index contributed by atoms with van der Waals surface area (Å²) >= 11 is 12.0. The van der Waals surface area contributed by atoms with Crippen LogP contribution in [-0.2, 0) is 9.47 Å². The zero-order valence-corrected chi connectivity index (χ0v) is 11.3. The van der Waals surface area contributed by atoms with Crippen molar-refractivity contribution in [2.24, 2.45) is 5.73 Å². The van der Waals surface area contributed by atoms with Crippen molar-refractivity contribution in [1.29, 1.82) is 0 Å². The molecule has 1 aromatic carbocycles. The number of hydrogen-bond acceptors (Lipinski definition) is 3. The van der Waals surface area contributed by atoms with Crippen molar-refractivity contribution in [3.05, 3.63) is 33.8 Å². The molecule has 0 saturated carbocycles. The number of halogens is 2. The Morgan fingerprint density at radius 2 is 2.00 bits per heavy atom. The minimum atomic E-state index is -0.163. The van der Waals surface area contributed by atoms with Crippen molar-refractivity contribution in [3.8, 4) is 0 Å². The molecule has 3 nitrogen and oxygen atoms in total. The maximum Gasteiger partial charge on any atom is 0.0700 e. The van der Waals surface area contributed by atoms with E-state index in [2.05, 4.69) is 0 Å². The van der Waals surface area contributed by atoms with Crippen LogP contribution >= 0.6 is 23.2 Å². The summed E-state index contributed by atoms with van der Waals surface area (Å²) in [5.41, 5.74) is 6.88. The summed E-state index contributed by atoms with van der Waals surface area (Å²) in [7, 11) is 1.64. The zero-order valence-electron chi connectivity index (χ0n) is 9.79. The van der Waals surface area contributed by atoms with Crippen LogP contribution in [0.15, 0.2) is 18.2 Å². The lowest BCUT2D eigenvalue weighted by Crippen LogP contribution is -2.14. The van der Waals surface area contributed by atoms with Gasteiger partial charge in [0, 0.05) is 19.8 Å². The molecule has 17 heavy (non-hydrogen) atoms. The van der Waals surface area contributed by atoms with Gasteiger partial charge in [0.25, 0.3) is 0 Å². The third-order valence-electron chi connectivity index (χ3n) is 2.39. The highest BCUT2D eigenvalue weighted by atomic mass is 35.5. The molecule has 0 aliphatic carbocycles. The molecule has 96 valence electrons. The second-order valence-electron chi connectivity index (χ2n) is 3.64. The summed E-state index contributed by atoms with van der Waals surface area (Å²) in [5.74, 6) is 0. The lowest BCUT2D eigenvalue weighted by Gasteiger charge is -2.14. The molecule has 1 unspecified atom stereocenters. The third-order valence-corrected chi connectivity index (χ3v) is 3.22. The molecule has 1 aromatic rings. The number of rotatable bonds is 7. The predicted octanol–water partition coefficient (Wildman–Crippen LogP) is 3.05. The standard InChI is InChI=1S/C12H17Cl2NO2/c1-16-7-8-17-6-5-11(15)9-3-2-4-10(13)12(9)14/h2-4,11H,5-8,15H2,1H3. The van der Waals surface area contributed by atoms with Crippen LogP contribution in [0.1, 0.15) is 18.0 Å². The van der Waals surface area contributed by atoms with E-state index >= 15 is 0 Å². The smallest absolute Gasteiger partial charge is 0.0700 e. The molecule has 1 rings (SSSR count). The maximum absolute atomic E-state index is 6.08. The van der Waals surface area contributed by atoms with Crippen LogP contribution in [-0.4, -0.2) is 26.9 Å². The molecule has 0 aliphatic rings. The minimum absolute atomic E-state index is 0.163. The molecule has 0 aliphatic heterocycles. The molecule has 1 atom stereocenters. The number of hydrogen-bond donors (Lipinski definition) is 1. The summed E-state index contributed by atoms with van der Waals surface area (Å²) in [6.45, 7) is 1.74. The highest BCUT2D eigenvalue weighted by Crippen LogP contribution is 2.30. The monoisotopic (exact) mass is 277 g/mol. The Balaban J connectivity index is 2.41. The van der Waals surface area contributed by atoms with Crippen LogP contribution in [0.4, 0.5) is 0 Å². The van der Waals surface area contributed by atoms with Gasteiger partial charge in [-0.2, -0.15) is 0 Å². The third kappa shape index (κ3) is 4.82. The van der Waals surface area contributed by atoms with Gasteiger partial charge in [-0.1, -0.05) is 35.3 Å². The number of methoxy groups -OCH3 is 1. The second kappa shape index (κ2) is 7.90. The van der Waals surface area contributed by atoms with E-state index in [-0.39, 0.29) is 6.04 Å². The predicted molar refractivity (Wildman–Crippen MR) is 70.7 cm³/mol. The molecule has 0 radical (unpaired) electrons. The molecule has 0 spiro atoms. The maximum atomic E-state index is 6.08. The quantitative estimate of drug-likeness (QED) is 0.780. The van der Waals surface area contributed by atoms with Gasteiger partial charge in [-0.3, -0.25) is 0 Å². The highest BCUT2D eigenvalue weighted by molar-refractivity contribution is 6.42. The van der Waals surface area contributed by atoms with E-state index in [1.807, 2.05) is 12.1 Å². The van der Waals surface area contributed by atoms with Crippen molar-refractivity contribution in [3.63, 3.8) is 0 Å². The number of nitrogens with two attached hydrogens (primary N) is 1. The second-order valence-corrected chi connectivity index (χ2v) is 4.43. The van der Waals surface area contributed by atoms with Gasteiger partial charge >= 0.3 is 0 Å². The topological polar surface area (TPSA) is 44.5 Å². The van der Waals surface area contributed by atoms with Gasteiger partial charge in [0.1, 0.15) is 0 Å². The summed E-state index contributed by atoms with van der Waals surface area (Å²) in [4.78, 5) is 0. The van der Waals surface area contributed by atoms with Crippen molar-refractivity contribution in [2.45, 2.75) is 12.5 Å². The SMILES string of the molecule is COCCOCCC(N)c1cccc(Cl)c1Cl. The van der Waals surface area contributed by atoms with E-state index in [4.69, 9.17) is 38.4 Å². The van der Waals surface area contributed by atoms with Crippen LogP contribution in [0.2, 0.25) is 10.0 Å². The Labute approximate surface area is 112 Å². The fourth-order valence-electron chi connectivity index (χ4n) is 1.42. The van der Waals surface area contributed by atoms with Gasteiger partial charge in [-0.05, 0) is 18.1 Å². The Morgan fingerprint density at radius 3 is 2.71 bits per heavy atom. The summed E-state index contributed by atoms with van der Waals surface area (Å²) < 4.78 is 10.2. The molecular weight excluding hydrogens is 261 g/mol. The first-order valence-electron chi connectivity index (χ1n) is 5.43. The first-order valence-corrected chi connectivity index (χ1v) is 6.18. The Morgan fingerprint density at radius 1 is 1.24 bits per heavy atom. The fourth-order valence-corrected chi connectivity index (χ4v) is 1.86. The van der Waals surface area contributed by atoms with Crippen LogP contribution in [0.3, 0.4) is 0 Å². The molecule has 0 saturated heterocycles. The number of benzene rings is 1. The van der Waals surface area contributed by atoms with Crippen molar-refractivity contribution in [1.82, 2.24) is 0 Å². The van der Waals surface area contributed by atoms with Gasteiger partial charge in [-0.15, -0.1) is 0 Å². The van der Waals surface area contributed by atoms with Gasteiger partial charge in [0.05, 0.1) is 23.3 Å². The van der Waals surface area contributed by atoms with Crippen LogP contribution in [0.25, 0.3) is 0 Å². The molecular formula is C12H17Cl2NO2. The van der Waals surface area contributed by atoms with E-state index in [0.717, 1.165) is 5.56 Å². The molecule has 2 N–H and O–H groups in total. The zero-order chi connectivity index (χ0) is 12.7. The van der Waals surface area contributed by atoms with Crippen LogP contribution in [0.5, 0.6) is 0 Å². The highest BCUT2D eigenvalue weighted by Gasteiger charge is 2.11. The van der Waals surface area contributed by atoms with E-state index in [0.29, 0.717) is 36.3 Å². The summed E-state index contributed by atoms with van der Waals surface area (Å²) in [6.07, 6.45) is 0.698. The number of ether oxygens (including phenoxy) is 2. The van der Waals surface area contributed by atoms with E-state index in [1.54, 1.807) is 13.2 Å². The molecule has 5 heteroatoms. The van der Waals surface area contributed by atoms with Crippen molar-refractivity contribution in [2.75, 3.05) is 26.9 Å². The van der Waals surface area contributed by atoms with E-state index in [1.165, 1.54) is 0 Å². The molecule has 0 heterocycles. The lowest BCUT2D eigenvalue weighted by atomic mass is 10.1. The fraction of sp³-hybridized carbons (Fsp3) is 0.500. The van der Waals surface area contributed by atoms with Gasteiger partial charge in [-0.25, -0.2) is 0 Å². The van der Waals surface area contributed by atoms with Crippen LogP contribution < -0.4 is 5.73 Å². The molecule has 0 aromatic heterocycles. The molecule has 0 amide bonds. The van der Waals surface area contributed by atoms with Crippen molar-refractivity contribution < 1.29 is 9.47 Å². The van der Waals surface area contributed by atoms with Gasteiger partial charge in [0.15, 0.2) is 0 Å². The van der Waals surface area contributed by atoms with Gasteiger partial charge in [0.2, 0.25) is 0 Å². The Kier molecular flexibility index (Phi) is 6.85. The normalized spacial score (nSPS) is 12.7. The largest absolute Gasteiger partial charge is 0.382 e. The van der Waals surface area contributed by atoms with E-state index in [9.17, 15) is 0 Å². The average Bonchev–Trinajstić information content (AvgIpc) is 2.32. The van der Waals surface area contributed by atoms with Crippen LogP contribution in [0, 0.1) is 0 Å².